The van der Waals surface area contributed by atoms with E-state index >= 15 is 0 Å². The fraction of sp³-hybridized carbons (Fsp3) is 0.200. The molecule has 2 aromatic carbocycles. The van der Waals surface area contributed by atoms with Gasteiger partial charge in [-0.2, -0.15) is 13.2 Å². The Balaban J connectivity index is 2.56. The number of halogens is 4. The summed E-state index contributed by atoms with van der Waals surface area (Å²) < 4.78 is 45.1. The first-order valence-electron chi connectivity index (χ1n) is 6.09. The fourth-order valence-corrected chi connectivity index (χ4v) is 2.50. The van der Waals surface area contributed by atoms with Gasteiger partial charge in [-0.05, 0) is 23.8 Å². The largest absolute Gasteiger partial charge is 0.496 e. The van der Waals surface area contributed by atoms with Crippen LogP contribution in [-0.4, -0.2) is 7.11 Å². The van der Waals surface area contributed by atoms with Gasteiger partial charge >= 0.3 is 6.18 Å². The average Bonchev–Trinajstić information content (AvgIpc) is 2.45. The monoisotopic (exact) mass is 359 g/mol. The number of benzene rings is 2. The molecule has 1 unspecified atom stereocenters. The molecule has 0 saturated heterocycles. The molecule has 112 valence electrons. The highest BCUT2D eigenvalue weighted by molar-refractivity contribution is 9.10. The molecule has 6 heteroatoms. The lowest BCUT2D eigenvalue weighted by Gasteiger charge is -2.20. The third-order valence-electron chi connectivity index (χ3n) is 3.13. The van der Waals surface area contributed by atoms with Crippen LogP contribution in [0.4, 0.5) is 13.2 Å². The molecule has 21 heavy (non-hydrogen) atoms. The molecule has 2 nitrogen and oxygen atoms in total. The Morgan fingerprint density at radius 2 is 1.76 bits per heavy atom. The van der Waals surface area contributed by atoms with Crippen LogP contribution in [0.15, 0.2) is 46.9 Å². The molecule has 1 atom stereocenters. The molecule has 0 radical (unpaired) electrons. The lowest BCUT2D eigenvalue weighted by molar-refractivity contribution is -0.138. The van der Waals surface area contributed by atoms with Crippen molar-refractivity contribution in [3.63, 3.8) is 0 Å². The Kier molecular flexibility index (Phi) is 4.58. The van der Waals surface area contributed by atoms with Gasteiger partial charge in [-0.1, -0.05) is 40.2 Å². The molecule has 0 aliphatic carbocycles. The summed E-state index contributed by atoms with van der Waals surface area (Å²) in [5, 5.41) is 0. The number of alkyl halides is 3. The first-order chi connectivity index (χ1) is 9.84. The summed E-state index contributed by atoms with van der Waals surface area (Å²) in [5.41, 5.74) is 5.81. The molecular weight excluding hydrogens is 347 g/mol. The van der Waals surface area contributed by atoms with Crippen LogP contribution < -0.4 is 10.5 Å². The zero-order valence-corrected chi connectivity index (χ0v) is 12.7. The first-order valence-corrected chi connectivity index (χ1v) is 6.89. The fourth-order valence-electron chi connectivity index (χ4n) is 2.14. The zero-order valence-electron chi connectivity index (χ0n) is 11.1. The van der Waals surface area contributed by atoms with Crippen molar-refractivity contribution < 1.29 is 17.9 Å². The highest BCUT2D eigenvalue weighted by Gasteiger charge is 2.35. The Labute approximate surface area is 128 Å². The Morgan fingerprint density at radius 1 is 1.10 bits per heavy atom. The lowest BCUT2D eigenvalue weighted by atomic mass is 9.94. The second kappa shape index (κ2) is 6.07. The summed E-state index contributed by atoms with van der Waals surface area (Å²) in [6, 6.07) is 9.80. The van der Waals surface area contributed by atoms with E-state index < -0.39 is 17.8 Å². The summed E-state index contributed by atoms with van der Waals surface area (Å²) >= 11 is 3.06. The molecule has 0 aromatic heterocycles. The molecule has 0 saturated carbocycles. The first kappa shape index (κ1) is 15.9. The third kappa shape index (κ3) is 3.39. The van der Waals surface area contributed by atoms with Gasteiger partial charge in [0.2, 0.25) is 0 Å². The minimum Gasteiger partial charge on any atom is -0.496 e. The Morgan fingerprint density at radius 3 is 2.38 bits per heavy atom. The van der Waals surface area contributed by atoms with Gasteiger partial charge in [0.15, 0.2) is 0 Å². The van der Waals surface area contributed by atoms with E-state index in [2.05, 4.69) is 15.9 Å². The minimum absolute atomic E-state index is 0.00944. The Hall–Kier alpha value is -1.53. The molecule has 0 spiro atoms. The van der Waals surface area contributed by atoms with Gasteiger partial charge in [0.1, 0.15) is 5.75 Å². The van der Waals surface area contributed by atoms with Crippen LogP contribution in [0.25, 0.3) is 0 Å². The van der Waals surface area contributed by atoms with E-state index in [0.29, 0.717) is 15.8 Å². The van der Waals surface area contributed by atoms with Crippen LogP contribution in [-0.2, 0) is 6.18 Å². The molecule has 2 rings (SSSR count). The van der Waals surface area contributed by atoms with Crippen LogP contribution in [0.1, 0.15) is 22.7 Å². The van der Waals surface area contributed by atoms with Crippen molar-refractivity contribution in [2.45, 2.75) is 12.2 Å². The molecule has 0 aliphatic heterocycles. The predicted octanol–water partition coefficient (Wildman–Crippen LogP) is 4.52. The van der Waals surface area contributed by atoms with Crippen molar-refractivity contribution in [1.82, 2.24) is 0 Å². The molecule has 0 amide bonds. The van der Waals surface area contributed by atoms with Crippen molar-refractivity contribution in [3.05, 3.63) is 63.6 Å². The zero-order chi connectivity index (χ0) is 15.6. The van der Waals surface area contributed by atoms with Gasteiger partial charge in [0.05, 0.1) is 18.7 Å². The van der Waals surface area contributed by atoms with Gasteiger partial charge in [0.25, 0.3) is 0 Å². The number of hydrogen-bond acceptors (Lipinski definition) is 2. The Bertz CT molecular complexity index is 643. The number of nitrogens with two attached hydrogens (primary N) is 1. The van der Waals surface area contributed by atoms with Crippen molar-refractivity contribution >= 4 is 15.9 Å². The highest BCUT2D eigenvalue weighted by Crippen LogP contribution is 2.38. The molecule has 2 N–H and O–H groups in total. The van der Waals surface area contributed by atoms with Gasteiger partial charge < -0.3 is 10.5 Å². The quantitative estimate of drug-likeness (QED) is 0.873. The van der Waals surface area contributed by atoms with E-state index in [0.717, 1.165) is 6.07 Å². The molecule has 0 heterocycles. The van der Waals surface area contributed by atoms with Crippen LogP contribution >= 0.6 is 15.9 Å². The van der Waals surface area contributed by atoms with Crippen LogP contribution in [0.5, 0.6) is 5.75 Å². The summed E-state index contributed by atoms with van der Waals surface area (Å²) in [6.07, 6.45) is -4.47. The highest BCUT2D eigenvalue weighted by atomic mass is 79.9. The lowest BCUT2D eigenvalue weighted by Crippen LogP contribution is -2.19. The van der Waals surface area contributed by atoms with Crippen molar-refractivity contribution in [2.75, 3.05) is 7.11 Å². The van der Waals surface area contributed by atoms with Gasteiger partial charge in [0, 0.05) is 10.0 Å². The van der Waals surface area contributed by atoms with Gasteiger partial charge in [-0.3, -0.25) is 0 Å². The van der Waals surface area contributed by atoms with Crippen molar-refractivity contribution in [2.24, 2.45) is 5.73 Å². The standard InChI is InChI=1S/C15H13BrF3NO/c1-21-13-5-3-2-4-11(13)14(20)10-7-6-9(16)8-12(10)15(17,18)19/h2-8,14H,20H2,1H3. The maximum Gasteiger partial charge on any atom is 0.416 e. The van der Waals surface area contributed by atoms with E-state index in [1.165, 1.54) is 13.2 Å². The van der Waals surface area contributed by atoms with Gasteiger partial charge in [-0.25, -0.2) is 0 Å². The van der Waals surface area contributed by atoms with Crippen LogP contribution in [0.2, 0.25) is 0 Å². The molecule has 2 aromatic rings. The minimum atomic E-state index is -4.47. The van der Waals surface area contributed by atoms with E-state index in [4.69, 9.17) is 10.5 Å². The number of ether oxygens (including phenoxy) is 1. The number of para-hydroxylation sites is 1. The van der Waals surface area contributed by atoms with E-state index in [1.54, 1.807) is 30.3 Å². The average molecular weight is 360 g/mol. The van der Waals surface area contributed by atoms with E-state index in [-0.39, 0.29) is 5.56 Å². The normalized spacial score (nSPS) is 13.0. The number of methoxy groups -OCH3 is 1. The summed E-state index contributed by atoms with van der Waals surface area (Å²) in [6.45, 7) is 0. The topological polar surface area (TPSA) is 35.2 Å². The number of rotatable bonds is 3. The maximum atomic E-state index is 13.2. The van der Waals surface area contributed by atoms with Crippen molar-refractivity contribution in [3.8, 4) is 5.75 Å². The SMILES string of the molecule is COc1ccccc1C(N)c1ccc(Br)cc1C(F)(F)F. The van der Waals surface area contributed by atoms with Crippen LogP contribution in [0, 0.1) is 0 Å². The summed E-state index contributed by atoms with van der Waals surface area (Å²) in [4.78, 5) is 0. The maximum absolute atomic E-state index is 13.2. The van der Waals surface area contributed by atoms with Gasteiger partial charge in [-0.15, -0.1) is 0 Å². The van der Waals surface area contributed by atoms with Crippen LogP contribution in [0.3, 0.4) is 0 Å². The molecule has 0 bridgehead atoms. The summed E-state index contributed by atoms with van der Waals surface area (Å²) in [7, 11) is 1.46. The smallest absolute Gasteiger partial charge is 0.416 e. The van der Waals surface area contributed by atoms with E-state index in [1.807, 2.05) is 0 Å². The molecule has 0 aliphatic rings. The predicted molar refractivity (Wildman–Crippen MR) is 78.2 cm³/mol. The second-order valence-electron chi connectivity index (χ2n) is 4.45. The molecular formula is C15H13BrF3NO. The van der Waals surface area contributed by atoms with Crippen molar-refractivity contribution in [1.29, 1.82) is 0 Å². The number of hydrogen-bond donors (Lipinski definition) is 1. The second-order valence-corrected chi connectivity index (χ2v) is 5.36. The molecule has 0 fully saturated rings. The third-order valence-corrected chi connectivity index (χ3v) is 3.62. The van der Waals surface area contributed by atoms with E-state index in [9.17, 15) is 13.2 Å². The summed E-state index contributed by atoms with van der Waals surface area (Å²) in [5.74, 6) is 0.459.